The van der Waals surface area contributed by atoms with Crippen molar-refractivity contribution < 1.29 is 4.79 Å². The molecule has 2 heteroatoms. The molecule has 1 unspecified atom stereocenters. The Kier molecular flexibility index (Phi) is 5.30. The van der Waals surface area contributed by atoms with Crippen molar-refractivity contribution >= 4 is 16.9 Å². The molecule has 20 heavy (non-hydrogen) atoms. The van der Waals surface area contributed by atoms with Crippen molar-refractivity contribution in [3.63, 3.8) is 0 Å². The summed E-state index contributed by atoms with van der Waals surface area (Å²) >= 11 is 1.34. The predicted molar refractivity (Wildman–Crippen MR) is 85.0 cm³/mol. The zero-order valence-corrected chi connectivity index (χ0v) is 12.7. The molecule has 0 aromatic heterocycles. The minimum atomic E-state index is 0.141. The lowest BCUT2D eigenvalue weighted by molar-refractivity contribution is 0.108. The molecule has 1 aliphatic rings. The van der Waals surface area contributed by atoms with Gasteiger partial charge in [0, 0.05) is 5.56 Å². The number of thioether (sulfide) groups is 1. The van der Waals surface area contributed by atoms with Gasteiger partial charge in [-0.3, -0.25) is 4.79 Å². The van der Waals surface area contributed by atoms with E-state index in [1.54, 1.807) is 0 Å². The highest BCUT2D eigenvalue weighted by molar-refractivity contribution is 8.14. The van der Waals surface area contributed by atoms with E-state index in [1.165, 1.54) is 22.9 Å². The Labute approximate surface area is 124 Å². The zero-order valence-electron chi connectivity index (χ0n) is 11.9. The molecule has 0 bridgehead atoms. The molecular weight excluding hydrogens is 264 g/mol. The zero-order chi connectivity index (χ0) is 14.4. The molecule has 1 nitrogen and oxygen atoms in total. The normalized spacial score (nSPS) is 15.9. The third kappa shape index (κ3) is 4.46. The van der Waals surface area contributed by atoms with Gasteiger partial charge in [-0.15, -0.1) is 0 Å². The van der Waals surface area contributed by atoms with E-state index in [1.807, 2.05) is 37.3 Å². The first-order valence-electron chi connectivity index (χ1n) is 6.90. The van der Waals surface area contributed by atoms with Crippen molar-refractivity contribution in [2.24, 2.45) is 5.92 Å². The second-order valence-corrected chi connectivity index (χ2v) is 6.09. The van der Waals surface area contributed by atoms with Gasteiger partial charge in [-0.25, -0.2) is 0 Å². The van der Waals surface area contributed by atoms with Crippen LogP contribution >= 0.6 is 11.8 Å². The molecule has 1 aromatic carbocycles. The summed E-state index contributed by atoms with van der Waals surface area (Å²) in [7, 11) is 0. The molecule has 0 N–H and O–H groups in total. The van der Waals surface area contributed by atoms with Crippen LogP contribution in [0.5, 0.6) is 0 Å². The summed E-state index contributed by atoms with van der Waals surface area (Å²) in [4.78, 5) is 11.7. The van der Waals surface area contributed by atoms with E-state index in [-0.39, 0.29) is 5.12 Å². The van der Waals surface area contributed by atoms with Crippen molar-refractivity contribution in [3.05, 3.63) is 64.2 Å². The van der Waals surface area contributed by atoms with E-state index >= 15 is 0 Å². The van der Waals surface area contributed by atoms with Gasteiger partial charge in [-0.2, -0.15) is 0 Å². The lowest BCUT2D eigenvalue weighted by Gasteiger charge is -2.00. The van der Waals surface area contributed by atoms with Crippen molar-refractivity contribution in [1.29, 1.82) is 0 Å². The summed E-state index contributed by atoms with van der Waals surface area (Å²) in [6, 6.07) is 7.77. The highest BCUT2D eigenvalue weighted by atomic mass is 32.2. The number of carbonyl (C=O) groups is 1. The molecule has 1 atom stereocenters. The molecular formula is C18H18OS. The summed E-state index contributed by atoms with van der Waals surface area (Å²) in [5.41, 5.74) is 12.3. The molecule has 0 saturated heterocycles. The Bertz CT molecular complexity index is 620. The minimum Gasteiger partial charge on any atom is -0.282 e. The van der Waals surface area contributed by atoms with Gasteiger partial charge in [-0.05, 0) is 47.5 Å². The highest BCUT2D eigenvalue weighted by Gasteiger charge is 2.23. The first-order chi connectivity index (χ1) is 9.70. The van der Waals surface area contributed by atoms with Crippen molar-refractivity contribution in [2.45, 2.75) is 26.7 Å². The van der Waals surface area contributed by atoms with Crippen LogP contribution in [0.25, 0.3) is 0 Å². The van der Waals surface area contributed by atoms with Crippen LogP contribution in [0.2, 0.25) is 0 Å². The van der Waals surface area contributed by atoms with Crippen molar-refractivity contribution in [3.8, 4) is 0 Å². The van der Waals surface area contributed by atoms with E-state index < -0.39 is 0 Å². The Morgan fingerprint density at radius 1 is 1.40 bits per heavy atom. The quantitative estimate of drug-likeness (QED) is 0.753. The van der Waals surface area contributed by atoms with Crippen LogP contribution in [0.15, 0.2) is 53.1 Å². The predicted octanol–water partition coefficient (Wildman–Crippen LogP) is 4.55. The number of carbonyl (C=O) groups excluding carboxylic acids is 1. The summed E-state index contributed by atoms with van der Waals surface area (Å²) in [5, 5.41) is 0.141. The Balaban J connectivity index is 1.96. The van der Waals surface area contributed by atoms with Crippen LogP contribution in [0.4, 0.5) is 0 Å². The number of hydrogen-bond donors (Lipinski definition) is 0. The SMILES string of the molecule is CCSC(=O)c1ccc(CC=C=C=C=C2CC2C)cc1. The van der Waals surface area contributed by atoms with Crippen LogP contribution in [-0.2, 0) is 6.42 Å². The van der Waals surface area contributed by atoms with Crippen LogP contribution in [-0.4, -0.2) is 10.9 Å². The van der Waals surface area contributed by atoms with Crippen molar-refractivity contribution in [2.75, 3.05) is 5.75 Å². The Hall–Kier alpha value is -1.68. The van der Waals surface area contributed by atoms with Gasteiger partial charge in [0.25, 0.3) is 0 Å². The molecule has 2 rings (SSSR count). The third-order valence-corrected chi connectivity index (χ3v) is 3.95. The van der Waals surface area contributed by atoms with Gasteiger partial charge in [0.15, 0.2) is 0 Å². The minimum absolute atomic E-state index is 0.141. The molecule has 102 valence electrons. The monoisotopic (exact) mass is 282 g/mol. The second-order valence-electron chi connectivity index (χ2n) is 4.85. The molecule has 1 saturated carbocycles. The van der Waals surface area contributed by atoms with Gasteiger partial charge >= 0.3 is 0 Å². The van der Waals surface area contributed by atoms with E-state index in [2.05, 4.69) is 24.1 Å². The fraction of sp³-hybridized carbons (Fsp3) is 0.333. The van der Waals surface area contributed by atoms with Crippen LogP contribution in [0, 0.1) is 5.92 Å². The maximum atomic E-state index is 11.7. The van der Waals surface area contributed by atoms with Gasteiger partial charge < -0.3 is 0 Å². The maximum Gasteiger partial charge on any atom is 0.219 e. The standard InChI is InChI=1S/C18H18OS/c1-3-20-18(19)16-11-9-15(10-12-16)7-5-4-6-8-17-13-14(17)2/h5,9-12,14H,3,7,13H2,1-2H3. The summed E-state index contributed by atoms with van der Waals surface area (Å²) < 4.78 is 0. The van der Waals surface area contributed by atoms with E-state index in [9.17, 15) is 4.79 Å². The fourth-order valence-electron chi connectivity index (χ4n) is 1.77. The molecule has 0 spiro atoms. The topological polar surface area (TPSA) is 17.1 Å². The molecule has 0 heterocycles. The number of allylic oxidation sites excluding steroid dienone is 2. The molecule has 0 aliphatic heterocycles. The van der Waals surface area contributed by atoms with E-state index in [4.69, 9.17) is 0 Å². The Morgan fingerprint density at radius 3 is 2.70 bits per heavy atom. The van der Waals surface area contributed by atoms with Crippen LogP contribution in [0.1, 0.15) is 36.2 Å². The second kappa shape index (κ2) is 7.20. The lowest BCUT2D eigenvalue weighted by Crippen LogP contribution is -1.93. The summed E-state index contributed by atoms with van der Waals surface area (Å²) in [6.45, 7) is 4.17. The number of hydrogen-bond acceptors (Lipinski definition) is 2. The summed E-state index contributed by atoms with van der Waals surface area (Å²) in [5.74, 6) is 1.50. The van der Waals surface area contributed by atoms with Gasteiger partial charge in [-0.1, -0.05) is 61.3 Å². The van der Waals surface area contributed by atoms with Gasteiger partial charge in [0.2, 0.25) is 5.12 Å². The highest BCUT2D eigenvalue weighted by Crippen LogP contribution is 2.35. The number of rotatable bonds is 4. The largest absolute Gasteiger partial charge is 0.282 e. The molecule has 1 aromatic rings. The maximum absolute atomic E-state index is 11.7. The fourth-order valence-corrected chi connectivity index (χ4v) is 2.34. The summed E-state index contributed by atoms with van der Waals surface area (Å²) in [6.07, 6.45) is 3.90. The van der Waals surface area contributed by atoms with Gasteiger partial charge in [0.1, 0.15) is 0 Å². The third-order valence-electron chi connectivity index (χ3n) is 3.16. The van der Waals surface area contributed by atoms with Crippen molar-refractivity contribution in [1.82, 2.24) is 0 Å². The first-order valence-corrected chi connectivity index (χ1v) is 7.89. The first kappa shape index (κ1) is 14.7. The molecule has 0 radical (unpaired) electrons. The molecule has 1 aliphatic carbocycles. The smallest absolute Gasteiger partial charge is 0.219 e. The van der Waals surface area contributed by atoms with Gasteiger partial charge in [0.05, 0.1) is 0 Å². The number of benzene rings is 1. The molecule has 1 fully saturated rings. The van der Waals surface area contributed by atoms with Crippen LogP contribution < -0.4 is 0 Å². The average molecular weight is 282 g/mol. The molecule has 0 amide bonds. The lowest BCUT2D eigenvalue weighted by atomic mass is 10.1. The van der Waals surface area contributed by atoms with Crippen LogP contribution in [0.3, 0.4) is 0 Å². The Morgan fingerprint density at radius 2 is 2.10 bits per heavy atom. The average Bonchev–Trinajstić information content (AvgIpc) is 3.15. The van der Waals surface area contributed by atoms with E-state index in [0.29, 0.717) is 5.92 Å². The van der Waals surface area contributed by atoms with E-state index in [0.717, 1.165) is 24.2 Å².